The third kappa shape index (κ3) is 3.39. The molecule has 0 aliphatic carbocycles. The third-order valence-electron chi connectivity index (χ3n) is 2.32. The van der Waals surface area contributed by atoms with Crippen LogP contribution >= 0.6 is 31.9 Å². The van der Waals surface area contributed by atoms with Crippen molar-refractivity contribution in [3.63, 3.8) is 0 Å². The molecule has 0 amide bonds. The zero-order valence-electron chi connectivity index (χ0n) is 9.14. The van der Waals surface area contributed by atoms with E-state index in [1.165, 1.54) is 6.07 Å². The van der Waals surface area contributed by atoms with Gasteiger partial charge in [-0.3, -0.25) is 4.79 Å². The van der Waals surface area contributed by atoms with Gasteiger partial charge in [-0.1, -0.05) is 51.8 Å². The zero-order chi connectivity index (χ0) is 12.3. The van der Waals surface area contributed by atoms with E-state index in [2.05, 4.69) is 31.9 Å². The molecule has 0 aliphatic rings. The van der Waals surface area contributed by atoms with Gasteiger partial charge in [0.25, 0.3) is 0 Å². The number of benzene rings is 1. The van der Waals surface area contributed by atoms with E-state index >= 15 is 0 Å². The van der Waals surface area contributed by atoms with Gasteiger partial charge in [-0.25, -0.2) is 4.39 Å². The fourth-order valence-electron chi connectivity index (χ4n) is 1.37. The van der Waals surface area contributed by atoms with E-state index in [1.807, 2.05) is 13.8 Å². The average Bonchev–Trinajstić information content (AvgIpc) is 2.22. The number of carbonyl (C=O) groups excluding carboxylic acids is 1. The third-order valence-corrected chi connectivity index (χ3v) is 3.84. The van der Waals surface area contributed by atoms with Crippen LogP contribution in [0.5, 0.6) is 0 Å². The Bertz CT molecular complexity index is 370. The van der Waals surface area contributed by atoms with Gasteiger partial charge in [0.1, 0.15) is 11.6 Å². The minimum absolute atomic E-state index is 0.0464. The van der Waals surface area contributed by atoms with Crippen molar-refractivity contribution in [1.29, 1.82) is 0 Å². The number of alkyl halides is 1. The number of hydrogen-bond acceptors (Lipinski definition) is 1. The van der Waals surface area contributed by atoms with Crippen LogP contribution in [-0.2, 0) is 11.2 Å². The summed E-state index contributed by atoms with van der Waals surface area (Å²) >= 11 is 6.60. The lowest BCUT2D eigenvalue weighted by Crippen LogP contribution is -2.22. The van der Waals surface area contributed by atoms with Crippen LogP contribution in [-0.4, -0.2) is 10.6 Å². The second-order valence-corrected chi connectivity index (χ2v) is 5.89. The largest absolute Gasteiger partial charge is 0.298 e. The molecule has 0 N–H and O–H groups in total. The number of carbonyl (C=O) groups is 1. The molecule has 1 nitrogen and oxygen atoms in total. The van der Waals surface area contributed by atoms with Gasteiger partial charge in [0.15, 0.2) is 0 Å². The Kier molecular flexibility index (Phi) is 5.12. The molecule has 0 bridgehead atoms. The molecule has 1 atom stereocenters. The molecular weight excluding hydrogens is 339 g/mol. The maximum atomic E-state index is 13.5. The van der Waals surface area contributed by atoms with Crippen molar-refractivity contribution in [3.8, 4) is 0 Å². The van der Waals surface area contributed by atoms with E-state index in [-0.39, 0.29) is 22.3 Å². The fourth-order valence-corrected chi connectivity index (χ4v) is 2.73. The number of Topliss-reactive ketones (excluding diaryl/α,β-unsaturated/α-hetero) is 1. The minimum Gasteiger partial charge on any atom is -0.298 e. The summed E-state index contributed by atoms with van der Waals surface area (Å²) in [6.07, 6.45) is 0.365. The van der Waals surface area contributed by atoms with Crippen molar-refractivity contribution in [2.45, 2.75) is 25.1 Å². The second-order valence-electron chi connectivity index (χ2n) is 3.93. The van der Waals surface area contributed by atoms with Gasteiger partial charge in [-0.15, -0.1) is 0 Å². The van der Waals surface area contributed by atoms with E-state index in [0.29, 0.717) is 16.5 Å². The standard InChI is InChI=1S/C12H13Br2FO/c1-7(2)12(16)10(14)6-8-9(13)4-3-5-11(8)15/h3-5,7,10H,6H2,1-2H3. The summed E-state index contributed by atoms with van der Waals surface area (Å²) in [5.41, 5.74) is 0.540. The first-order valence-electron chi connectivity index (χ1n) is 5.04. The Morgan fingerprint density at radius 3 is 2.56 bits per heavy atom. The molecule has 0 aliphatic heterocycles. The van der Waals surface area contributed by atoms with Crippen LogP contribution in [0.15, 0.2) is 22.7 Å². The normalized spacial score (nSPS) is 12.9. The van der Waals surface area contributed by atoms with Crippen LogP contribution in [0.2, 0.25) is 0 Å². The van der Waals surface area contributed by atoms with Crippen molar-refractivity contribution < 1.29 is 9.18 Å². The number of halogens is 3. The van der Waals surface area contributed by atoms with Crippen LogP contribution in [0.1, 0.15) is 19.4 Å². The molecule has 1 unspecified atom stereocenters. The van der Waals surface area contributed by atoms with Gasteiger partial charge in [-0.2, -0.15) is 0 Å². The minimum atomic E-state index is -0.333. The Hall–Kier alpha value is -0.220. The molecule has 1 aromatic rings. The van der Waals surface area contributed by atoms with Gasteiger partial charge in [0.2, 0.25) is 0 Å². The highest BCUT2D eigenvalue weighted by atomic mass is 79.9. The first-order chi connectivity index (χ1) is 7.43. The quantitative estimate of drug-likeness (QED) is 0.746. The van der Waals surface area contributed by atoms with Crippen molar-refractivity contribution in [3.05, 3.63) is 34.1 Å². The zero-order valence-corrected chi connectivity index (χ0v) is 12.3. The number of hydrogen-bond donors (Lipinski definition) is 0. The predicted octanol–water partition coefficient (Wildman–Crippen LogP) is 4.12. The van der Waals surface area contributed by atoms with Crippen LogP contribution in [0.25, 0.3) is 0 Å². The maximum Gasteiger partial charge on any atom is 0.149 e. The van der Waals surface area contributed by atoms with Gasteiger partial charge < -0.3 is 0 Å². The molecule has 0 spiro atoms. The maximum absolute atomic E-state index is 13.5. The lowest BCUT2D eigenvalue weighted by atomic mass is 10.0. The lowest BCUT2D eigenvalue weighted by Gasteiger charge is -2.13. The molecule has 0 saturated heterocycles. The summed E-state index contributed by atoms with van der Waals surface area (Å²) in [7, 11) is 0. The first-order valence-corrected chi connectivity index (χ1v) is 6.75. The van der Waals surface area contributed by atoms with Crippen LogP contribution in [0.3, 0.4) is 0 Å². The van der Waals surface area contributed by atoms with Crippen molar-refractivity contribution in [1.82, 2.24) is 0 Å². The second kappa shape index (κ2) is 5.92. The van der Waals surface area contributed by atoms with E-state index < -0.39 is 0 Å². The van der Waals surface area contributed by atoms with E-state index in [1.54, 1.807) is 12.1 Å². The molecule has 1 rings (SSSR count). The highest BCUT2D eigenvalue weighted by Crippen LogP contribution is 2.24. The highest BCUT2D eigenvalue weighted by Gasteiger charge is 2.20. The molecule has 0 radical (unpaired) electrons. The predicted molar refractivity (Wildman–Crippen MR) is 70.4 cm³/mol. The summed E-state index contributed by atoms with van der Waals surface area (Å²) in [6.45, 7) is 3.68. The first kappa shape index (κ1) is 13.8. The smallest absolute Gasteiger partial charge is 0.149 e. The molecule has 4 heteroatoms. The monoisotopic (exact) mass is 350 g/mol. The molecule has 88 valence electrons. The molecule has 0 heterocycles. The van der Waals surface area contributed by atoms with Gasteiger partial charge in [0.05, 0.1) is 4.83 Å². The van der Waals surface area contributed by atoms with Crippen molar-refractivity contribution in [2.75, 3.05) is 0 Å². The topological polar surface area (TPSA) is 17.1 Å². The molecule has 0 aromatic heterocycles. The summed E-state index contributed by atoms with van der Waals surface area (Å²) in [6, 6.07) is 4.81. The van der Waals surface area contributed by atoms with E-state index in [0.717, 1.165) is 0 Å². The Balaban J connectivity index is 2.85. The lowest BCUT2D eigenvalue weighted by molar-refractivity contribution is -0.121. The number of rotatable bonds is 4. The van der Waals surface area contributed by atoms with E-state index in [4.69, 9.17) is 0 Å². The Labute approximate surface area is 112 Å². The van der Waals surface area contributed by atoms with Crippen LogP contribution < -0.4 is 0 Å². The Morgan fingerprint density at radius 1 is 1.44 bits per heavy atom. The molecule has 0 saturated carbocycles. The highest BCUT2D eigenvalue weighted by molar-refractivity contribution is 9.10. The molecule has 1 aromatic carbocycles. The summed E-state index contributed by atoms with van der Waals surface area (Å²) in [5.74, 6) is -0.236. The van der Waals surface area contributed by atoms with Gasteiger partial charge in [-0.05, 0) is 18.6 Å². The van der Waals surface area contributed by atoms with E-state index in [9.17, 15) is 9.18 Å². The van der Waals surface area contributed by atoms with Crippen molar-refractivity contribution >= 4 is 37.6 Å². The van der Waals surface area contributed by atoms with Crippen LogP contribution in [0.4, 0.5) is 4.39 Å². The Morgan fingerprint density at radius 2 is 2.06 bits per heavy atom. The van der Waals surface area contributed by atoms with Gasteiger partial charge in [0, 0.05) is 16.0 Å². The molecular formula is C12H13Br2FO. The molecule has 0 fully saturated rings. The average molecular weight is 352 g/mol. The summed E-state index contributed by atoms with van der Waals surface area (Å²) in [5, 5.41) is 0. The van der Waals surface area contributed by atoms with Crippen molar-refractivity contribution in [2.24, 2.45) is 5.92 Å². The molecule has 16 heavy (non-hydrogen) atoms. The fraction of sp³-hybridized carbons (Fsp3) is 0.417. The summed E-state index contributed by atoms with van der Waals surface area (Å²) < 4.78 is 14.2. The van der Waals surface area contributed by atoms with Crippen LogP contribution in [0, 0.1) is 11.7 Å². The number of ketones is 1. The summed E-state index contributed by atoms with van der Waals surface area (Å²) in [4.78, 5) is 11.4. The SMILES string of the molecule is CC(C)C(=O)C(Br)Cc1c(F)cccc1Br. The van der Waals surface area contributed by atoms with Gasteiger partial charge >= 0.3 is 0 Å².